The predicted octanol–water partition coefficient (Wildman–Crippen LogP) is 1.86. The summed E-state index contributed by atoms with van der Waals surface area (Å²) in [6.07, 6.45) is 7.54. The van der Waals surface area contributed by atoms with E-state index in [0.29, 0.717) is 11.7 Å². The molecule has 5 heteroatoms. The van der Waals surface area contributed by atoms with Crippen LogP contribution in [0.1, 0.15) is 31.5 Å². The molecule has 1 aliphatic rings. The second kappa shape index (κ2) is 3.92. The molecule has 0 bridgehead atoms. The first-order valence-corrected chi connectivity index (χ1v) is 5.81. The molecule has 3 rings (SSSR count). The molecule has 0 saturated heterocycles. The van der Waals surface area contributed by atoms with Crippen LogP contribution in [0.4, 0.5) is 0 Å². The van der Waals surface area contributed by atoms with E-state index in [0.717, 1.165) is 31.2 Å². The fraction of sp³-hybridized carbons (Fsp3) is 0.417. The normalized spacial score (nSPS) is 18.4. The highest BCUT2D eigenvalue weighted by Gasteiger charge is 2.36. The van der Waals surface area contributed by atoms with Crippen molar-refractivity contribution >= 4 is 0 Å². The quantitative estimate of drug-likeness (QED) is 0.851. The molecule has 1 saturated carbocycles. The van der Waals surface area contributed by atoms with Crippen LogP contribution < -0.4 is 5.73 Å². The van der Waals surface area contributed by atoms with Gasteiger partial charge in [-0.25, -0.2) is 0 Å². The van der Waals surface area contributed by atoms with E-state index >= 15 is 0 Å². The molecule has 1 fully saturated rings. The highest BCUT2D eigenvalue weighted by atomic mass is 16.5. The molecule has 0 aliphatic heterocycles. The average Bonchev–Trinajstić information content (AvgIpc) is 2.99. The Morgan fingerprint density at radius 3 is 2.82 bits per heavy atom. The summed E-state index contributed by atoms with van der Waals surface area (Å²) in [7, 11) is 0. The van der Waals surface area contributed by atoms with E-state index in [-0.39, 0.29) is 0 Å². The number of nitrogens with two attached hydrogens (primary N) is 1. The summed E-state index contributed by atoms with van der Waals surface area (Å²) >= 11 is 0. The smallest absolute Gasteiger partial charge is 0.259 e. The van der Waals surface area contributed by atoms with Gasteiger partial charge in [-0.1, -0.05) is 18.0 Å². The van der Waals surface area contributed by atoms with Crippen LogP contribution in [0.5, 0.6) is 0 Å². The number of nitrogens with zero attached hydrogens (tertiary/aromatic N) is 3. The van der Waals surface area contributed by atoms with Gasteiger partial charge in [0, 0.05) is 12.4 Å². The minimum absolute atomic E-state index is 0.399. The van der Waals surface area contributed by atoms with Crippen LogP contribution in [0.25, 0.3) is 11.5 Å². The van der Waals surface area contributed by atoms with Crippen LogP contribution in [-0.2, 0) is 5.54 Å². The number of aromatic nitrogens is 3. The van der Waals surface area contributed by atoms with Gasteiger partial charge in [0.25, 0.3) is 5.89 Å². The van der Waals surface area contributed by atoms with Crippen molar-refractivity contribution in [2.75, 3.05) is 0 Å². The number of hydrogen-bond acceptors (Lipinski definition) is 5. The summed E-state index contributed by atoms with van der Waals surface area (Å²) in [4.78, 5) is 8.42. The molecule has 5 nitrogen and oxygen atoms in total. The van der Waals surface area contributed by atoms with Gasteiger partial charge in [-0.2, -0.15) is 4.98 Å². The van der Waals surface area contributed by atoms with Crippen molar-refractivity contribution in [3.05, 3.63) is 30.4 Å². The van der Waals surface area contributed by atoms with Gasteiger partial charge in [0.1, 0.15) is 0 Å². The van der Waals surface area contributed by atoms with E-state index in [4.69, 9.17) is 10.3 Å². The summed E-state index contributed by atoms with van der Waals surface area (Å²) in [5.74, 6) is 1.11. The van der Waals surface area contributed by atoms with Gasteiger partial charge in [0.15, 0.2) is 5.82 Å². The first kappa shape index (κ1) is 10.4. The third-order valence-corrected chi connectivity index (χ3v) is 3.28. The Bertz CT molecular complexity index is 502. The minimum Gasteiger partial charge on any atom is -0.334 e. The van der Waals surface area contributed by atoms with Crippen LogP contribution >= 0.6 is 0 Å². The Kier molecular flexibility index (Phi) is 2.40. The Hall–Kier alpha value is -1.75. The van der Waals surface area contributed by atoms with Crippen molar-refractivity contribution in [1.82, 2.24) is 15.1 Å². The van der Waals surface area contributed by atoms with Gasteiger partial charge in [-0.15, -0.1) is 0 Å². The minimum atomic E-state index is -0.399. The van der Waals surface area contributed by atoms with Crippen molar-refractivity contribution in [2.24, 2.45) is 5.73 Å². The van der Waals surface area contributed by atoms with Gasteiger partial charge in [0.2, 0.25) is 0 Å². The first-order valence-electron chi connectivity index (χ1n) is 5.81. The van der Waals surface area contributed by atoms with Crippen LogP contribution in [0.3, 0.4) is 0 Å². The number of hydrogen-bond donors (Lipinski definition) is 1. The third kappa shape index (κ3) is 1.82. The number of pyridine rings is 1. The van der Waals surface area contributed by atoms with Crippen molar-refractivity contribution in [3.63, 3.8) is 0 Å². The van der Waals surface area contributed by atoms with Gasteiger partial charge >= 0.3 is 0 Å². The lowest BCUT2D eigenvalue weighted by molar-refractivity contribution is 0.372. The van der Waals surface area contributed by atoms with E-state index in [1.165, 1.54) is 0 Å². The molecule has 2 N–H and O–H groups in total. The van der Waals surface area contributed by atoms with Gasteiger partial charge in [-0.3, -0.25) is 4.98 Å². The van der Waals surface area contributed by atoms with Gasteiger partial charge in [-0.05, 0) is 25.0 Å². The van der Waals surface area contributed by atoms with E-state index in [1.807, 2.05) is 12.1 Å². The molecule has 0 aromatic carbocycles. The molecule has 0 spiro atoms. The molecule has 0 radical (unpaired) electrons. The molecule has 2 aromatic heterocycles. The zero-order chi connectivity index (χ0) is 11.7. The second-order valence-electron chi connectivity index (χ2n) is 4.53. The Balaban J connectivity index is 1.93. The summed E-state index contributed by atoms with van der Waals surface area (Å²) in [5.41, 5.74) is 6.70. The molecule has 2 aromatic rings. The molecule has 0 amide bonds. The monoisotopic (exact) mass is 230 g/mol. The molecular formula is C12H14N4O. The van der Waals surface area contributed by atoms with E-state index < -0.39 is 5.54 Å². The molecule has 17 heavy (non-hydrogen) atoms. The van der Waals surface area contributed by atoms with Crippen molar-refractivity contribution in [2.45, 2.75) is 31.2 Å². The lowest BCUT2D eigenvalue weighted by atomic mass is 9.99. The van der Waals surface area contributed by atoms with Gasteiger partial charge < -0.3 is 10.3 Å². The molecule has 0 atom stereocenters. The molecule has 0 unspecified atom stereocenters. The zero-order valence-corrected chi connectivity index (χ0v) is 9.47. The second-order valence-corrected chi connectivity index (χ2v) is 4.53. The van der Waals surface area contributed by atoms with Crippen molar-refractivity contribution in [3.8, 4) is 11.5 Å². The highest BCUT2D eigenvalue weighted by molar-refractivity contribution is 5.50. The number of rotatable bonds is 2. The maximum absolute atomic E-state index is 6.27. The van der Waals surface area contributed by atoms with E-state index in [9.17, 15) is 0 Å². The summed E-state index contributed by atoms with van der Waals surface area (Å²) in [5, 5.41) is 4.01. The molecule has 88 valence electrons. The largest absolute Gasteiger partial charge is 0.334 e. The molecular weight excluding hydrogens is 216 g/mol. The molecule has 2 heterocycles. The summed E-state index contributed by atoms with van der Waals surface area (Å²) in [6, 6.07) is 3.73. The average molecular weight is 230 g/mol. The lowest BCUT2D eigenvalue weighted by Crippen LogP contribution is -2.34. The molecule has 1 aliphatic carbocycles. The fourth-order valence-electron chi connectivity index (χ4n) is 2.26. The summed E-state index contributed by atoms with van der Waals surface area (Å²) < 4.78 is 5.25. The Morgan fingerprint density at radius 1 is 1.29 bits per heavy atom. The van der Waals surface area contributed by atoms with Crippen LogP contribution in [0.15, 0.2) is 29.0 Å². The van der Waals surface area contributed by atoms with Crippen molar-refractivity contribution in [1.29, 1.82) is 0 Å². The highest BCUT2D eigenvalue weighted by Crippen LogP contribution is 2.35. The maximum Gasteiger partial charge on any atom is 0.259 e. The van der Waals surface area contributed by atoms with Crippen molar-refractivity contribution < 1.29 is 4.52 Å². The Labute approximate surface area is 99.1 Å². The van der Waals surface area contributed by atoms with Crippen LogP contribution in [-0.4, -0.2) is 15.1 Å². The predicted molar refractivity (Wildman–Crippen MR) is 61.9 cm³/mol. The standard InChI is InChI=1S/C12H14N4O/c13-12(5-1-2-6-12)11-15-10(17-16-11)9-4-3-7-14-8-9/h3-4,7-8H,1-2,5-6,13H2. The van der Waals surface area contributed by atoms with E-state index in [2.05, 4.69) is 15.1 Å². The summed E-state index contributed by atoms with van der Waals surface area (Å²) in [6.45, 7) is 0. The lowest BCUT2D eigenvalue weighted by Gasteiger charge is -2.17. The zero-order valence-electron chi connectivity index (χ0n) is 9.47. The first-order chi connectivity index (χ1) is 8.28. The fourth-order valence-corrected chi connectivity index (χ4v) is 2.26. The van der Waals surface area contributed by atoms with Gasteiger partial charge in [0.05, 0.1) is 11.1 Å². The van der Waals surface area contributed by atoms with Crippen LogP contribution in [0.2, 0.25) is 0 Å². The third-order valence-electron chi connectivity index (χ3n) is 3.28. The van der Waals surface area contributed by atoms with Crippen LogP contribution in [0, 0.1) is 0 Å². The topological polar surface area (TPSA) is 77.8 Å². The SMILES string of the molecule is NC1(c2noc(-c3cccnc3)n2)CCCC1. The Morgan fingerprint density at radius 2 is 2.12 bits per heavy atom. The van der Waals surface area contributed by atoms with E-state index in [1.54, 1.807) is 12.4 Å². The maximum atomic E-state index is 6.27.